The van der Waals surface area contributed by atoms with Gasteiger partial charge in [0.2, 0.25) is 0 Å². The quantitative estimate of drug-likeness (QED) is 0.591. The van der Waals surface area contributed by atoms with E-state index in [0.717, 1.165) is 0 Å². The van der Waals surface area contributed by atoms with Crippen molar-refractivity contribution in [1.82, 2.24) is 0 Å². The molecular formula is C7H6Rh. The van der Waals surface area contributed by atoms with Gasteiger partial charge in [-0.1, -0.05) is 0 Å². The molecule has 0 saturated carbocycles. The summed E-state index contributed by atoms with van der Waals surface area (Å²) in [5, 5.41) is 0. The minimum atomic E-state index is 1.24. The number of rotatable bonds is 1. The molecule has 0 amide bonds. The summed E-state index contributed by atoms with van der Waals surface area (Å²) in [6.07, 6.45) is 0. The van der Waals surface area contributed by atoms with Gasteiger partial charge in [0.25, 0.3) is 0 Å². The molecule has 0 N–H and O–H groups in total. The van der Waals surface area contributed by atoms with Gasteiger partial charge in [-0.2, -0.15) is 0 Å². The topological polar surface area (TPSA) is 0 Å². The fraction of sp³-hybridized carbons (Fsp3) is 0. The molecule has 0 saturated heterocycles. The van der Waals surface area contributed by atoms with Crippen LogP contribution in [-0.2, 0) is 17.9 Å². The molecule has 0 radical (unpaired) electrons. The Morgan fingerprint density at radius 2 is 1.75 bits per heavy atom. The molecule has 0 aliphatic carbocycles. The van der Waals surface area contributed by atoms with Crippen molar-refractivity contribution in [2.75, 3.05) is 0 Å². The van der Waals surface area contributed by atoms with E-state index in [-0.39, 0.29) is 0 Å². The van der Waals surface area contributed by atoms with Crippen molar-refractivity contribution in [3.63, 3.8) is 0 Å². The Morgan fingerprint density at radius 1 is 1.12 bits per heavy atom. The molecule has 0 spiro atoms. The Kier molecular flexibility index (Phi) is 2.11. The summed E-state index contributed by atoms with van der Waals surface area (Å²) in [4.78, 5) is 0. The van der Waals surface area contributed by atoms with E-state index in [1.807, 2.05) is 22.8 Å². The van der Waals surface area contributed by atoms with Crippen LogP contribution < -0.4 is 0 Å². The first-order valence-electron chi connectivity index (χ1n) is 2.39. The average Bonchev–Trinajstić information content (AvgIpc) is 1.90. The minimum absolute atomic E-state index is 1.24. The zero-order chi connectivity index (χ0) is 5.82. The zero-order valence-corrected chi connectivity index (χ0v) is 5.94. The normalized spacial score (nSPS) is 8.62. The molecule has 8 heavy (non-hydrogen) atoms. The van der Waals surface area contributed by atoms with Crippen LogP contribution in [0.5, 0.6) is 0 Å². The van der Waals surface area contributed by atoms with Gasteiger partial charge in [-0.3, -0.25) is 0 Å². The second-order valence-corrected chi connectivity index (χ2v) is 1.98. The number of benzene rings is 1. The van der Waals surface area contributed by atoms with Crippen LogP contribution in [0.25, 0.3) is 0 Å². The van der Waals surface area contributed by atoms with E-state index in [4.69, 9.17) is 0 Å². The first-order chi connectivity index (χ1) is 3.93. The van der Waals surface area contributed by atoms with Crippen molar-refractivity contribution in [2.45, 2.75) is 0 Å². The molecule has 43 valence electrons. The van der Waals surface area contributed by atoms with Gasteiger partial charge < -0.3 is 0 Å². The first-order valence-corrected chi connectivity index (χ1v) is 3.34. The average molecular weight is 193 g/mol. The Labute approximate surface area is 58.7 Å². The standard InChI is InChI=1S/C7H6.Rh/c1-7-5-3-2-4-6-7;/h1-6H;. The molecule has 1 rings (SSSR count). The Bertz CT molecular complexity index is 167. The van der Waals surface area contributed by atoms with Gasteiger partial charge >= 0.3 is 58.4 Å². The number of hydrogen-bond donors (Lipinski definition) is 0. The van der Waals surface area contributed by atoms with Crippen molar-refractivity contribution in [1.29, 1.82) is 0 Å². The molecule has 0 fully saturated rings. The van der Waals surface area contributed by atoms with Gasteiger partial charge in [0, 0.05) is 0 Å². The Morgan fingerprint density at radius 3 is 2.12 bits per heavy atom. The summed E-state index contributed by atoms with van der Waals surface area (Å²) in [5.74, 6) is 0. The maximum atomic E-state index is 2.74. The van der Waals surface area contributed by atoms with Gasteiger partial charge in [0.05, 0.1) is 0 Å². The van der Waals surface area contributed by atoms with Gasteiger partial charge in [0.1, 0.15) is 0 Å². The molecular weight excluding hydrogens is 187 g/mol. The molecule has 0 aromatic heterocycles. The molecule has 1 aromatic carbocycles. The van der Waals surface area contributed by atoms with Gasteiger partial charge in [-0.05, 0) is 0 Å². The van der Waals surface area contributed by atoms with Crippen LogP contribution in [-0.4, -0.2) is 4.61 Å². The SMILES string of the molecule is [Rh]=[CH]c1ccccc1. The van der Waals surface area contributed by atoms with E-state index >= 15 is 0 Å². The van der Waals surface area contributed by atoms with Crippen LogP contribution >= 0.6 is 0 Å². The summed E-state index contributed by atoms with van der Waals surface area (Å²) in [7, 11) is 0. The van der Waals surface area contributed by atoms with Crippen LogP contribution in [0.4, 0.5) is 0 Å². The van der Waals surface area contributed by atoms with Crippen molar-refractivity contribution in [2.24, 2.45) is 0 Å². The van der Waals surface area contributed by atoms with Crippen LogP contribution in [0.3, 0.4) is 0 Å². The van der Waals surface area contributed by atoms with Crippen LogP contribution in [0.15, 0.2) is 30.3 Å². The van der Waals surface area contributed by atoms with Crippen molar-refractivity contribution in [3.8, 4) is 0 Å². The van der Waals surface area contributed by atoms with Gasteiger partial charge in [-0.25, -0.2) is 0 Å². The molecule has 0 nitrogen and oxygen atoms in total. The van der Waals surface area contributed by atoms with Crippen molar-refractivity contribution in [3.05, 3.63) is 35.9 Å². The fourth-order valence-corrected chi connectivity index (χ4v) is 0.833. The Balaban J connectivity index is 2.99. The molecule has 1 heteroatoms. The third-order valence-electron chi connectivity index (χ3n) is 0.911. The third kappa shape index (κ3) is 1.35. The fourth-order valence-electron chi connectivity index (χ4n) is 0.517. The third-order valence-corrected chi connectivity index (χ3v) is 1.46. The van der Waals surface area contributed by atoms with Gasteiger partial charge in [0.15, 0.2) is 0 Å². The van der Waals surface area contributed by atoms with Crippen LogP contribution in [0.1, 0.15) is 5.56 Å². The molecule has 0 aliphatic heterocycles. The van der Waals surface area contributed by atoms with E-state index in [0.29, 0.717) is 0 Å². The van der Waals surface area contributed by atoms with Crippen molar-refractivity contribution < 1.29 is 17.9 Å². The Hall–Kier alpha value is -0.287. The predicted octanol–water partition coefficient (Wildman–Crippen LogP) is 1.38. The van der Waals surface area contributed by atoms with E-state index in [1.54, 1.807) is 0 Å². The zero-order valence-electron chi connectivity index (χ0n) is 4.30. The summed E-state index contributed by atoms with van der Waals surface area (Å²) < 4.78 is 1.97. The predicted molar refractivity (Wildman–Crippen MR) is 31.6 cm³/mol. The number of hydrogen-bond acceptors (Lipinski definition) is 0. The van der Waals surface area contributed by atoms with Gasteiger partial charge in [-0.15, -0.1) is 0 Å². The van der Waals surface area contributed by atoms with E-state index in [2.05, 4.69) is 30.0 Å². The molecule has 0 aliphatic rings. The molecule has 0 unspecified atom stereocenters. The molecule has 0 bridgehead atoms. The van der Waals surface area contributed by atoms with E-state index in [1.165, 1.54) is 5.56 Å². The van der Waals surface area contributed by atoms with E-state index < -0.39 is 0 Å². The first kappa shape index (κ1) is 5.84. The molecule has 0 atom stereocenters. The van der Waals surface area contributed by atoms with Crippen molar-refractivity contribution >= 4 is 4.61 Å². The second kappa shape index (κ2) is 2.89. The summed E-state index contributed by atoms with van der Waals surface area (Å²) in [6.45, 7) is 0. The second-order valence-electron chi connectivity index (χ2n) is 1.51. The molecule has 0 heterocycles. The van der Waals surface area contributed by atoms with E-state index in [9.17, 15) is 0 Å². The van der Waals surface area contributed by atoms with Crippen LogP contribution in [0, 0.1) is 0 Å². The summed E-state index contributed by atoms with van der Waals surface area (Å²) in [6, 6.07) is 10.2. The molecule has 1 aromatic rings. The monoisotopic (exact) mass is 193 g/mol. The maximum absolute atomic E-state index is 2.74. The van der Waals surface area contributed by atoms with Crippen LogP contribution in [0.2, 0.25) is 0 Å². The summed E-state index contributed by atoms with van der Waals surface area (Å²) in [5.41, 5.74) is 1.24. The summed E-state index contributed by atoms with van der Waals surface area (Å²) >= 11 is 2.74.